The van der Waals surface area contributed by atoms with Crippen LogP contribution >= 0.6 is 11.6 Å². The van der Waals surface area contributed by atoms with Crippen molar-refractivity contribution < 1.29 is 4.79 Å². The van der Waals surface area contributed by atoms with E-state index in [2.05, 4.69) is 0 Å². The summed E-state index contributed by atoms with van der Waals surface area (Å²) in [5.41, 5.74) is 3.80. The van der Waals surface area contributed by atoms with Gasteiger partial charge in [-0.05, 0) is 29.3 Å². The molecule has 0 bridgehead atoms. The van der Waals surface area contributed by atoms with Crippen molar-refractivity contribution >= 4 is 23.5 Å². The van der Waals surface area contributed by atoms with Crippen LogP contribution in [-0.4, -0.2) is 5.78 Å². The fourth-order valence-electron chi connectivity index (χ4n) is 2.23. The van der Waals surface area contributed by atoms with E-state index in [0.29, 0.717) is 5.02 Å². The molecule has 18 heavy (non-hydrogen) atoms. The molecule has 0 fully saturated rings. The van der Waals surface area contributed by atoms with Crippen LogP contribution in [0.4, 0.5) is 0 Å². The highest BCUT2D eigenvalue weighted by molar-refractivity contribution is 6.30. The van der Waals surface area contributed by atoms with Crippen molar-refractivity contribution in [3.8, 4) is 0 Å². The van der Waals surface area contributed by atoms with Gasteiger partial charge in [0.2, 0.25) is 0 Å². The Bertz CT molecular complexity index is 638. The van der Waals surface area contributed by atoms with E-state index in [1.165, 1.54) is 0 Å². The molecule has 0 spiro atoms. The van der Waals surface area contributed by atoms with Crippen molar-refractivity contribution in [2.45, 2.75) is 6.42 Å². The Labute approximate surface area is 111 Å². The number of hydrogen-bond acceptors (Lipinski definition) is 1. The molecule has 1 aliphatic carbocycles. The second-order valence-electron chi connectivity index (χ2n) is 4.38. The van der Waals surface area contributed by atoms with Crippen LogP contribution in [0.25, 0.3) is 6.08 Å². The fourth-order valence-corrected chi connectivity index (χ4v) is 2.36. The highest BCUT2D eigenvalue weighted by Crippen LogP contribution is 2.27. The summed E-state index contributed by atoms with van der Waals surface area (Å²) in [6.45, 7) is 0. The normalized spacial score (nSPS) is 16.1. The predicted molar refractivity (Wildman–Crippen MR) is 73.9 cm³/mol. The van der Waals surface area contributed by atoms with E-state index in [1.54, 1.807) is 0 Å². The van der Waals surface area contributed by atoms with Crippen LogP contribution in [0.2, 0.25) is 5.02 Å². The largest absolute Gasteiger partial charge is 0.289 e. The first-order chi connectivity index (χ1) is 8.74. The third-order valence-electron chi connectivity index (χ3n) is 3.15. The molecule has 1 aliphatic rings. The van der Waals surface area contributed by atoms with Gasteiger partial charge in [0, 0.05) is 22.6 Å². The number of Topliss-reactive ketones (excluding diaryl/α,β-unsaturated/α-hetero) is 1. The molecule has 88 valence electrons. The maximum absolute atomic E-state index is 12.2. The summed E-state index contributed by atoms with van der Waals surface area (Å²) in [5, 5.41) is 0.707. The van der Waals surface area contributed by atoms with Gasteiger partial charge in [-0.15, -0.1) is 0 Å². The zero-order chi connectivity index (χ0) is 12.5. The molecule has 0 saturated heterocycles. The molecule has 0 aromatic heterocycles. The number of carbonyl (C=O) groups is 1. The van der Waals surface area contributed by atoms with Crippen LogP contribution in [0.1, 0.15) is 21.5 Å². The van der Waals surface area contributed by atoms with E-state index in [1.807, 2.05) is 54.6 Å². The van der Waals surface area contributed by atoms with E-state index in [0.717, 1.165) is 28.7 Å². The summed E-state index contributed by atoms with van der Waals surface area (Å²) in [7, 11) is 0. The van der Waals surface area contributed by atoms with Gasteiger partial charge < -0.3 is 0 Å². The molecule has 3 rings (SSSR count). The standard InChI is InChI=1S/C16H11ClO/c17-14-7-5-11(6-8-14)9-13-10-12-3-1-2-4-15(12)16(13)18/h1-9H,10H2/b13-9+. The minimum atomic E-state index is 0.139. The lowest BCUT2D eigenvalue weighted by molar-refractivity contribution is 0.104. The topological polar surface area (TPSA) is 17.1 Å². The maximum Gasteiger partial charge on any atom is 0.189 e. The zero-order valence-corrected chi connectivity index (χ0v) is 10.4. The van der Waals surface area contributed by atoms with Crippen molar-refractivity contribution in [3.63, 3.8) is 0 Å². The first-order valence-corrected chi connectivity index (χ1v) is 6.20. The molecule has 2 aromatic rings. The van der Waals surface area contributed by atoms with E-state index in [4.69, 9.17) is 11.6 Å². The van der Waals surface area contributed by atoms with Crippen LogP contribution in [0.15, 0.2) is 54.1 Å². The van der Waals surface area contributed by atoms with Gasteiger partial charge in [-0.2, -0.15) is 0 Å². The molecule has 0 atom stereocenters. The number of rotatable bonds is 1. The third kappa shape index (κ3) is 1.98. The molecule has 0 aliphatic heterocycles. The van der Waals surface area contributed by atoms with Crippen LogP contribution in [0, 0.1) is 0 Å². The van der Waals surface area contributed by atoms with Crippen LogP contribution in [0.5, 0.6) is 0 Å². The van der Waals surface area contributed by atoms with Crippen molar-refractivity contribution in [2.24, 2.45) is 0 Å². The minimum absolute atomic E-state index is 0.139. The van der Waals surface area contributed by atoms with Gasteiger partial charge in [-0.25, -0.2) is 0 Å². The van der Waals surface area contributed by atoms with E-state index >= 15 is 0 Å². The number of allylic oxidation sites excluding steroid dienone is 1. The fraction of sp³-hybridized carbons (Fsp3) is 0.0625. The van der Waals surface area contributed by atoms with Gasteiger partial charge in [-0.3, -0.25) is 4.79 Å². The van der Waals surface area contributed by atoms with Gasteiger partial charge in [0.1, 0.15) is 0 Å². The summed E-state index contributed by atoms with van der Waals surface area (Å²) in [6, 6.07) is 15.3. The van der Waals surface area contributed by atoms with Crippen LogP contribution in [0.3, 0.4) is 0 Å². The summed E-state index contributed by atoms with van der Waals surface area (Å²) in [5.74, 6) is 0.139. The molecule has 0 amide bonds. The molecule has 0 radical (unpaired) electrons. The van der Waals surface area contributed by atoms with Gasteiger partial charge in [0.05, 0.1) is 0 Å². The smallest absolute Gasteiger partial charge is 0.189 e. The average molecular weight is 255 g/mol. The highest BCUT2D eigenvalue weighted by atomic mass is 35.5. The summed E-state index contributed by atoms with van der Waals surface area (Å²) in [6.07, 6.45) is 2.66. The van der Waals surface area contributed by atoms with Crippen LogP contribution in [-0.2, 0) is 6.42 Å². The van der Waals surface area contributed by atoms with Gasteiger partial charge in [0.25, 0.3) is 0 Å². The Balaban J connectivity index is 1.97. The molecule has 0 saturated carbocycles. The van der Waals surface area contributed by atoms with Crippen molar-refractivity contribution in [1.82, 2.24) is 0 Å². The molecule has 1 nitrogen and oxygen atoms in total. The molecule has 2 heteroatoms. The first kappa shape index (κ1) is 11.2. The summed E-state index contributed by atoms with van der Waals surface area (Å²) in [4.78, 5) is 12.2. The highest BCUT2D eigenvalue weighted by Gasteiger charge is 2.23. The zero-order valence-electron chi connectivity index (χ0n) is 9.69. The second kappa shape index (κ2) is 4.43. The van der Waals surface area contributed by atoms with E-state index < -0.39 is 0 Å². The molecule has 2 aromatic carbocycles. The Kier molecular flexibility index (Phi) is 2.77. The average Bonchev–Trinajstić information content (AvgIpc) is 2.70. The van der Waals surface area contributed by atoms with Crippen LogP contribution < -0.4 is 0 Å². The molecule has 0 N–H and O–H groups in total. The lowest BCUT2D eigenvalue weighted by Crippen LogP contribution is -1.94. The van der Waals surface area contributed by atoms with E-state index in [9.17, 15) is 4.79 Å². The summed E-state index contributed by atoms with van der Waals surface area (Å²) < 4.78 is 0. The van der Waals surface area contributed by atoms with E-state index in [-0.39, 0.29) is 5.78 Å². The van der Waals surface area contributed by atoms with Crippen molar-refractivity contribution in [3.05, 3.63) is 75.8 Å². The first-order valence-electron chi connectivity index (χ1n) is 5.83. The molecule has 0 unspecified atom stereocenters. The van der Waals surface area contributed by atoms with Gasteiger partial charge in [0.15, 0.2) is 5.78 Å². The lowest BCUT2D eigenvalue weighted by atomic mass is 10.1. The third-order valence-corrected chi connectivity index (χ3v) is 3.40. The van der Waals surface area contributed by atoms with Crippen molar-refractivity contribution in [2.75, 3.05) is 0 Å². The molecular formula is C16H11ClO. The number of ketones is 1. The maximum atomic E-state index is 12.2. The number of hydrogen-bond donors (Lipinski definition) is 0. The number of halogens is 1. The molecule has 0 heterocycles. The Morgan fingerprint density at radius 2 is 1.72 bits per heavy atom. The van der Waals surface area contributed by atoms with Crippen molar-refractivity contribution in [1.29, 1.82) is 0 Å². The summed E-state index contributed by atoms with van der Waals surface area (Å²) >= 11 is 5.84. The number of carbonyl (C=O) groups excluding carboxylic acids is 1. The quantitative estimate of drug-likeness (QED) is 0.699. The number of fused-ring (bicyclic) bond motifs is 1. The predicted octanol–water partition coefficient (Wildman–Crippen LogP) is 4.16. The Hall–Kier alpha value is -1.86. The Morgan fingerprint density at radius 3 is 2.44 bits per heavy atom. The molecular weight excluding hydrogens is 244 g/mol. The van der Waals surface area contributed by atoms with Gasteiger partial charge >= 0.3 is 0 Å². The Morgan fingerprint density at radius 1 is 1.00 bits per heavy atom. The SMILES string of the molecule is O=C1/C(=C/c2ccc(Cl)cc2)Cc2ccccc21. The number of benzene rings is 2. The lowest BCUT2D eigenvalue weighted by Gasteiger charge is -1.97. The van der Waals surface area contributed by atoms with Gasteiger partial charge in [-0.1, -0.05) is 48.0 Å². The monoisotopic (exact) mass is 254 g/mol. The second-order valence-corrected chi connectivity index (χ2v) is 4.82. The minimum Gasteiger partial charge on any atom is -0.289 e.